The number of carbonyl (C=O) groups is 3. The molecule has 1 aromatic rings. The Bertz CT molecular complexity index is 706. The number of benzene rings is 1. The van der Waals surface area contributed by atoms with E-state index in [9.17, 15) is 14.4 Å². The molecule has 0 bridgehead atoms. The van der Waals surface area contributed by atoms with Gasteiger partial charge < -0.3 is 15.0 Å². The van der Waals surface area contributed by atoms with Gasteiger partial charge >= 0.3 is 5.97 Å². The number of rotatable bonds is 4. The first-order valence-electron chi connectivity index (χ1n) is 9.15. The highest BCUT2D eigenvalue weighted by Gasteiger charge is 2.34. The number of esters is 1. The van der Waals surface area contributed by atoms with Crippen molar-refractivity contribution in [3.05, 3.63) is 29.3 Å². The molecule has 1 N–H and O–H groups in total. The summed E-state index contributed by atoms with van der Waals surface area (Å²) in [5.74, 6) is -1.05. The van der Waals surface area contributed by atoms with E-state index in [2.05, 4.69) is 5.32 Å². The fraction of sp³-hybridized carbons (Fsp3) is 0.550. The minimum Gasteiger partial charge on any atom is -0.452 e. The molecule has 148 valence electrons. The SMILES string of the molecule is C[C@H](OC(=O)C1CCN(C(=O)C(C)(C)C)CC1)C(=O)Nc1ccccc1Cl. The molecule has 1 aliphatic rings. The predicted octanol–water partition coefficient (Wildman–Crippen LogP) is 3.49. The Morgan fingerprint density at radius 3 is 2.33 bits per heavy atom. The number of anilines is 1. The third kappa shape index (κ3) is 5.70. The normalized spacial score (nSPS) is 16.6. The summed E-state index contributed by atoms with van der Waals surface area (Å²) in [5, 5.41) is 3.07. The first-order chi connectivity index (χ1) is 12.6. The van der Waals surface area contributed by atoms with Gasteiger partial charge in [-0.3, -0.25) is 14.4 Å². The van der Waals surface area contributed by atoms with Crippen LogP contribution in [0.25, 0.3) is 0 Å². The smallest absolute Gasteiger partial charge is 0.309 e. The Hall–Kier alpha value is -2.08. The van der Waals surface area contributed by atoms with Gasteiger partial charge in [0.25, 0.3) is 5.91 Å². The van der Waals surface area contributed by atoms with Gasteiger partial charge in [-0.2, -0.15) is 0 Å². The topological polar surface area (TPSA) is 75.7 Å². The number of ether oxygens (including phenoxy) is 1. The van der Waals surface area contributed by atoms with Crippen molar-refractivity contribution in [3.63, 3.8) is 0 Å². The van der Waals surface area contributed by atoms with Gasteiger partial charge in [0.05, 0.1) is 16.6 Å². The Labute approximate surface area is 165 Å². The number of amides is 2. The number of hydrogen-bond acceptors (Lipinski definition) is 4. The van der Waals surface area contributed by atoms with Crippen molar-refractivity contribution in [1.82, 2.24) is 4.90 Å². The summed E-state index contributed by atoms with van der Waals surface area (Å²) in [7, 11) is 0. The first-order valence-corrected chi connectivity index (χ1v) is 9.52. The molecule has 27 heavy (non-hydrogen) atoms. The Morgan fingerprint density at radius 2 is 1.78 bits per heavy atom. The van der Waals surface area contributed by atoms with Crippen LogP contribution in [-0.2, 0) is 19.1 Å². The lowest BCUT2D eigenvalue weighted by Gasteiger charge is -2.35. The minimum absolute atomic E-state index is 0.0850. The third-order valence-corrected chi connectivity index (χ3v) is 4.88. The number of halogens is 1. The molecule has 2 rings (SSSR count). The van der Waals surface area contributed by atoms with Crippen LogP contribution in [0.5, 0.6) is 0 Å². The zero-order chi connectivity index (χ0) is 20.2. The van der Waals surface area contributed by atoms with E-state index in [1.54, 1.807) is 29.2 Å². The van der Waals surface area contributed by atoms with E-state index in [4.69, 9.17) is 16.3 Å². The van der Waals surface area contributed by atoms with Gasteiger partial charge in [0.2, 0.25) is 5.91 Å². The second kappa shape index (κ2) is 8.74. The lowest BCUT2D eigenvalue weighted by atomic mass is 9.91. The molecular weight excluding hydrogens is 368 g/mol. The maximum absolute atomic E-state index is 12.4. The summed E-state index contributed by atoms with van der Waals surface area (Å²) in [6, 6.07) is 6.86. The molecule has 1 atom stereocenters. The number of carbonyl (C=O) groups excluding carboxylic acids is 3. The zero-order valence-corrected chi connectivity index (χ0v) is 17.0. The predicted molar refractivity (Wildman–Crippen MR) is 104 cm³/mol. The third-order valence-electron chi connectivity index (χ3n) is 4.55. The number of likely N-dealkylation sites (tertiary alicyclic amines) is 1. The lowest BCUT2D eigenvalue weighted by Crippen LogP contribution is -2.45. The average Bonchev–Trinajstić information content (AvgIpc) is 2.62. The molecule has 1 saturated heterocycles. The molecule has 0 unspecified atom stereocenters. The molecule has 0 radical (unpaired) electrons. The molecule has 1 aromatic carbocycles. The van der Waals surface area contributed by atoms with Crippen molar-refractivity contribution in [2.75, 3.05) is 18.4 Å². The van der Waals surface area contributed by atoms with Crippen LogP contribution >= 0.6 is 11.6 Å². The molecule has 0 aromatic heterocycles. The van der Waals surface area contributed by atoms with Crippen LogP contribution in [0.2, 0.25) is 5.02 Å². The molecule has 1 aliphatic heterocycles. The highest BCUT2D eigenvalue weighted by Crippen LogP contribution is 2.25. The van der Waals surface area contributed by atoms with E-state index in [0.29, 0.717) is 36.6 Å². The van der Waals surface area contributed by atoms with Crippen LogP contribution in [0.15, 0.2) is 24.3 Å². The van der Waals surface area contributed by atoms with Crippen molar-refractivity contribution < 1.29 is 19.1 Å². The number of nitrogens with one attached hydrogen (secondary N) is 1. The zero-order valence-electron chi connectivity index (χ0n) is 16.3. The van der Waals surface area contributed by atoms with Gasteiger partial charge in [-0.15, -0.1) is 0 Å². The summed E-state index contributed by atoms with van der Waals surface area (Å²) >= 11 is 6.02. The molecule has 7 heteroatoms. The van der Waals surface area contributed by atoms with Crippen LogP contribution in [0.3, 0.4) is 0 Å². The number of nitrogens with zero attached hydrogens (tertiary/aromatic N) is 1. The Morgan fingerprint density at radius 1 is 1.19 bits per heavy atom. The molecule has 1 fully saturated rings. The summed E-state index contributed by atoms with van der Waals surface area (Å²) in [4.78, 5) is 38.7. The van der Waals surface area contributed by atoms with Crippen molar-refractivity contribution in [1.29, 1.82) is 0 Å². The molecular formula is C20H27ClN2O4. The average molecular weight is 395 g/mol. The van der Waals surface area contributed by atoms with Crippen LogP contribution < -0.4 is 5.32 Å². The minimum atomic E-state index is -0.928. The lowest BCUT2D eigenvalue weighted by molar-refractivity contribution is -0.160. The van der Waals surface area contributed by atoms with E-state index in [0.717, 1.165) is 0 Å². The molecule has 1 heterocycles. The summed E-state index contributed by atoms with van der Waals surface area (Å²) in [5.41, 5.74) is 0.0413. The molecule has 0 aliphatic carbocycles. The van der Waals surface area contributed by atoms with Gasteiger partial charge in [0.15, 0.2) is 6.10 Å². The van der Waals surface area contributed by atoms with Crippen molar-refractivity contribution in [2.45, 2.75) is 46.6 Å². The van der Waals surface area contributed by atoms with Gasteiger partial charge in [0, 0.05) is 18.5 Å². The highest BCUT2D eigenvalue weighted by atomic mass is 35.5. The van der Waals surface area contributed by atoms with Crippen molar-refractivity contribution >= 4 is 35.1 Å². The van der Waals surface area contributed by atoms with E-state index in [-0.39, 0.29) is 11.8 Å². The van der Waals surface area contributed by atoms with Crippen LogP contribution in [0, 0.1) is 11.3 Å². The van der Waals surface area contributed by atoms with E-state index in [1.165, 1.54) is 6.92 Å². The van der Waals surface area contributed by atoms with E-state index >= 15 is 0 Å². The molecule has 6 nitrogen and oxygen atoms in total. The van der Waals surface area contributed by atoms with Gasteiger partial charge in [-0.1, -0.05) is 44.5 Å². The van der Waals surface area contributed by atoms with Crippen molar-refractivity contribution in [2.24, 2.45) is 11.3 Å². The van der Waals surface area contributed by atoms with Crippen molar-refractivity contribution in [3.8, 4) is 0 Å². The number of hydrogen-bond donors (Lipinski definition) is 1. The largest absolute Gasteiger partial charge is 0.452 e. The van der Waals surface area contributed by atoms with Gasteiger partial charge in [-0.05, 0) is 31.9 Å². The monoisotopic (exact) mass is 394 g/mol. The van der Waals surface area contributed by atoms with Gasteiger partial charge in [-0.25, -0.2) is 0 Å². The summed E-state index contributed by atoms with van der Waals surface area (Å²) in [6.07, 6.45) is 0.155. The van der Waals surface area contributed by atoms with E-state index in [1.807, 2.05) is 20.8 Å². The molecule has 0 saturated carbocycles. The van der Waals surface area contributed by atoms with Gasteiger partial charge in [0.1, 0.15) is 0 Å². The van der Waals surface area contributed by atoms with E-state index < -0.39 is 23.4 Å². The Kier molecular flexibility index (Phi) is 6.87. The maximum Gasteiger partial charge on any atom is 0.309 e. The highest BCUT2D eigenvalue weighted by molar-refractivity contribution is 6.33. The second-order valence-electron chi connectivity index (χ2n) is 7.86. The van der Waals surface area contributed by atoms with Crippen LogP contribution in [0.1, 0.15) is 40.5 Å². The second-order valence-corrected chi connectivity index (χ2v) is 8.27. The Balaban J connectivity index is 1.84. The molecule has 2 amide bonds. The summed E-state index contributed by atoms with van der Waals surface area (Å²) in [6.45, 7) is 8.23. The number of para-hydroxylation sites is 1. The summed E-state index contributed by atoms with van der Waals surface area (Å²) < 4.78 is 5.33. The standard InChI is InChI=1S/C20H27ClN2O4/c1-13(17(24)22-16-8-6-5-7-15(16)21)27-18(25)14-9-11-23(12-10-14)19(26)20(2,3)4/h5-8,13-14H,9-12H2,1-4H3,(H,22,24)/t13-/m0/s1. The number of piperidine rings is 1. The van der Waals surface area contributed by atoms with Crippen LogP contribution in [0.4, 0.5) is 5.69 Å². The fourth-order valence-electron chi connectivity index (χ4n) is 2.91. The molecule has 0 spiro atoms. The maximum atomic E-state index is 12.4. The quantitative estimate of drug-likeness (QED) is 0.793. The fourth-order valence-corrected chi connectivity index (χ4v) is 3.10. The van der Waals surface area contributed by atoms with Crippen LogP contribution in [-0.4, -0.2) is 41.9 Å². The first kappa shape index (κ1) is 21.2.